The highest BCUT2D eigenvalue weighted by Gasteiger charge is 2.23. The first-order valence-electron chi connectivity index (χ1n) is 5.29. The van der Waals surface area contributed by atoms with E-state index in [9.17, 15) is 4.79 Å². The summed E-state index contributed by atoms with van der Waals surface area (Å²) in [5, 5.41) is 3.96. The van der Waals surface area contributed by atoms with Crippen LogP contribution in [0.1, 0.15) is 20.8 Å². The zero-order valence-corrected chi connectivity index (χ0v) is 11.0. The molecule has 0 aromatic carbocycles. The third-order valence-electron chi connectivity index (χ3n) is 2.43. The number of nitrogens with zero attached hydrogens (tertiary/aromatic N) is 1. The molecule has 0 amide bonds. The average Bonchev–Trinajstić information content (AvgIpc) is 2.16. The molecule has 1 heterocycles. The Morgan fingerprint density at radius 2 is 2.25 bits per heavy atom. The Morgan fingerprint density at radius 1 is 1.56 bits per heavy atom. The van der Waals surface area contributed by atoms with Crippen molar-refractivity contribution in [2.24, 2.45) is 5.41 Å². The lowest BCUT2D eigenvalue weighted by Gasteiger charge is -2.29. The minimum Gasteiger partial charge on any atom is -0.316 e. The normalized spacial score (nSPS) is 13.8. The summed E-state index contributed by atoms with van der Waals surface area (Å²) in [5.41, 5.74) is 0.0888. The van der Waals surface area contributed by atoms with Gasteiger partial charge < -0.3 is 10.3 Å². The summed E-state index contributed by atoms with van der Waals surface area (Å²) in [4.78, 5) is 17.9. The number of nitrogens with one attached hydrogen (secondary N) is 2. The van der Waals surface area contributed by atoms with Gasteiger partial charge in [-0.2, -0.15) is 0 Å². The van der Waals surface area contributed by atoms with Crippen molar-refractivity contribution >= 4 is 11.8 Å². The van der Waals surface area contributed by atoms with Crippen molar-refractivity contribution < 1.29 is 0 Å². The highest BCUT2D eigenvalue weighted by molar-refractivity contribution is 7.99. The fourth-order valence-corrected chi connectivity index (χ4v) is 2.65. The Balaban J connectivity index is 2.60. The average molecular weight is 241 g/mol. The van der Waals surface area contributed by atoms with Gasteiger partial charge in [0, 0.05) is 24.1 Å². The largest absolute Gasteiger partial charge is 0.316 e. The van der Waals surface area contributed by atoms with E-state index in [0.29, 0.717) is 11.2 Å². The van der Waals surface area contributed by atoms with Gasteiger partial charge >= 0.3 is 0 Å². The third kappa shape index (κ3) is 3.98. The van der Waals surface area contributed by atoms with Crippen LogP contribution >= 0.6 is 11.8 Å². The second kappa shape index (κ2) is 5.50. The number of rotatable bonds is 4. The topological polar surface area (TPSA) is 57.8 Å². The second-order valence-corrected chi connectivity index (χ2v) is 5.77. The Bertz CT molecular complexity index is 383. The molecular weight excluding hydrogens is 222 g/mol. The molecule has 90 valence electrons. The highest BCUT2D eigenvalue weighted by Crippen LogP contribution is 2.24. The quantitative estimate of drug-likeness (QED) is 0.619. The Hall–Kier alpha value is -0.810. The third-order valence-corrected chi connectivity index (χ3v) is 3.41. The van der Waals surface area contributed by atoms with Gasteiger partial charge in [0.1, 0.15) is 0 Å². The van der Waals surface area contributed by atoms with Gasteiger partial charge in [-0.25, -0.2) is 4.98 Å². The summed E-state index contributed by atoms with van der Waals surface area (Å²) in [5.74, 6) is 0.882. The minimum absolute atomic E-state index is 0.103. The molecule has 2 N–H and O–H groups in total. The maximum Gasteiger partial charge on any atom is 0.251 e. The van der Waals surface area contributed by atoms with Crippen LogP contribution in [-0.4, -0.2) is 28.8 Å². The van der Waals surface area contributed by atoms with Gasteiger partial charge in [0.25, 0.3) is 5.56 Å². The maximum atomic E-state index is 11.1. The summed E-state index contributed by atoms with van der Waals surface area (Å²) in [6, 6.07) is 1.80. The van der Waals surface area contributed by atoms with Gasteiger partial charge in [-0.1, -0.05) is 32.5 Å². The fourth-order valence-electron chi connectivity index (χ4n) is 1.35. The molecule has 4 nitrogen and oxygen atoms in total. The van der Waals surface area contributed by atoms with Crippen LogP contribution < -0.4 is 10.9 Å². The molecule has 0 fully saturated rings. The maximum absolute atomic E-state index is 11.1. The van der Waals surface area contributed by atoms with E-state index < -0.39 is 0 Å². The van der Waals surface area contributed by atoms with Crippen LogP contribution in [0.15, 0.2) is 22.2 Å². The molecule has 0 saturated heterocycles. The van der Waals surface area contributed by atoms with Crippen molar-refractivity contribution in [3.05, 3.63) is 22.6 Å². The van der Waals surface area contributed by atoms with Crippen LogP contribution in [0.4, 0.5) is 0 Å². The summed E-state index contributed by atoms with van der Waals surface area (Å²) in [6.45, 7) is 6.57. The Labute approximate surface area is 100 Å². The van der Waals surface area contributed by atoms with Gasteiger partial charge in [0.15, 0.2) is 5.16 Å². The van der Waals surface area contributed by atoms with Crippen molar-refractivity contribution in [2.75, 3.05) is 12.8 Å². The predicted octanol–water partition coefficient (Wildman–Crippen LogP) is 1.50. The number of hydrogen-bond acceptors (Lipinski definition) is 4. The molecule has 0 bridgehead atoms. The highest BCUT2D eigenvalue weighted by atomic mass is 32.2. The lowest BCUT2D eigenvalue weighted by Crippen LogP contribution is -2.40. The van der Waals surface area contributed by atoms with Crippen LogP contribution in [-0.2, 0) is 0 Å². The first-order chi connectivity index (χ1) is 7.43. The standard InChI is InChI=1S/C11H19N3OS/c1-11(2,3)8(12-4)7-16-10-13-6-5-9(15)14-10/h5-6,8,12H,7H2,1-4H3,(H,13,14,15). The van der Waals surface area contributed by atoms with Crippen molar-refractivity contribution in [2.45, 2.75) is 32.0 Å². The zero-order valence-electron chi connectivity index (χ0n) is 10.2. The molecule has 0 radical (unpaired) electrons. The van der Waals surface area contributed by atoms with Crippen LogP contribution in [0, 0.1) is 5.41 Å². The monoisotopic (exact) mass is 241 g/mol. The first-order valence-corrected chi connectivity index (χ1v) is 6.27. The summed E-state index contributed by atoms with van der Waals surface area (Å²) >= 11 is 1.56. The van der Waals surface area contributed by atoms with E-state index in [2.05, 4.69) is 36.1 Å². The molecule has 0 aliphatic rings. The van der Waals surface area contributed by atoms with E-state index >= 15 is 0 Å². The predicted molar refractivity (Wildman–Crippen MR) is 67.9 cm³/mol. The van der Waals surface area contributed by atoms with E-state index in [1.165, 1.54) is 12.3 Å². The van der Waals surface area contributed by atoms with E-state index in [1.807, 2.05) is 7.05 Å². The van der Waals surface area contributed by atoms with Gasteiger partial charge in [0.2, 0.25) is 0 Å². The summed E-state index contributed by atoms with van der Waals surface area (Å²) in [6.07, 6.45) is 1.53. The number of hydrogen-bond donors (Lipinski definition) is 2. The molecule has 5 heteroatoms. The molecule has 0 spiro atoms. The molecule has 0 aliphatic carbocycles. The molecule has 1 atom stereocenters. The van der Waals surface area contributed by atoms with E-state index in [0.717, 1.165) is 5.75 Å². The van der Waals surface area contributed by atoms with Crippen LogP contribution in [0.2, 0.25) is 0 Å². The fraction of sp³-hybridized carbons (Fsp3) is 0.636. The molecule has 0 aliphatic heterocycles. The first kappa shape index (κ1) is 13.3. The van der Waals surface area contributed by atoms with E-state index in [-0.39, 0.29) is 11.0 Å². The van der Waals surface area contributed by atoms with Gasteiger partial charge in [-0.3, -0.25) is 4.79 Å². The Morgan fingerprint density at radius 3 is 2.75 bits per heavy atom. The molecule has 1 rings (SSSR count). The van der Waals surface area contributed by atoms with Crippen molar-refractivity contribution in [1.82, 2.24) is 15.3 Å². The van der Waals surface area contributed by atoms with Crippen molar-refractivity contribution in [3.8, 4) is 0 Å². The van der Waals surface area contributed by atoms with E-state index in [4.69, 9.17) is 0 Å². The van der Waals surface area contributed by atoms with Gasteiger partial charge in [-0.05, 0) is 12.5 Å². The lowest BCUT2D eigenvalue weighted by molar-refractivity contribution is 0.305. The minimum atomic E-state index is -0.103. The van der Waals surface area contributed by atoms with Crippen LogP contribution in [0.3, 0.4) is 0 Å². The molecule has 1 unspecified atom stereocenters. The number of H-pyrrole nitrogens is 1. The summed E-state index contributed by atoms with van der Waals surface area (Å²) < 4.78 is 0. The van der Waals surface area contributed by atoms with Crippen LogP contribution in [0.25, 0.3) is 0 Å². The molecule has 16 heavy (non-hydrogen) atoms. The van der Waals surface area contributed by atoms with Crippen LogP contribution in [0.5, 0.6) is 0 Å². The Kier molecular flexibility index (Phi) is 4.56. The summed E-state index contributed by atoms with van der Waals surface area (Å²) in [7, 11) is 1.96. The number of thioether (sulfide) groups is 1. The molecule has 1 aromatic heterocycles. The molecule has 1 aromatic rings. The number of aromatic nitrogens is 2. The number of aromatic amines is 1. The zero-order chi connectivity index (χ0) is 12.2. The van der Waals surface area contributed by atoms with Crippen molar-refractivity contribution in [3.63, 3.8) is 0 Å². The van der Waals surface area contributed by atoms with E-state index in [1.54, 1.807) is 11.8 Å². The van der Waals surface area contributed by atoms with Gasteiger partial charge in [-0.15, -0.1) is 0 Å². The SMILES string of the molecule is CNC(CSc1nccc(=O)[nH]1)C(C)(C)C. The molecular formula is C11H19N3OS. The lowest BCUT2D eigenvalue weighted by atomic mass is 9.88. The van der Waals surface area contributed by atoms with Crippen molar-refractivity contribution in [1.29, 1.82) is 0 Å². The smallest absolute Gasteiger partial charge is 0.251 e. The van der Waals surface area contributed by atoms with Gasteiger partial charge in [0.05, 0.1) is 0 Å². The molecule has 0 saturated carbocycles. The second-order valence-electron chi connectivity index (χ2n) is 4.76.